The van der Waals surface area contributed by atoms with Gasteiger partial charge in [-0.15, -0.1) is 0 Å². The van der Waals surface area contributed by atoms with E-state index in [0.717, 1.165) is 0 Å². The summed E-state index contributed by atoms with van der Waals surface area (Å²) in [6.07, 6.45) is 0. The fourth-order valence-electron chi connectivity index (χ4n) is 0.0890. The molecule has 0 saturated heterocycles. The Morgan fingerprint density at radius 3 is 2.71 bits per heavy atom. The number of halogens is 1. The van der Waals surface area contributed by atoms with Crippen molar-refractivity contribution in [3.05, 3.63) is 0 Å². The maximum absolute atomic E-state index is 10.6. The van der Waals surface area contributed by atoms with Crippen molar-refractivity contribution in [1.29, 1.82) is 0 Å². The third-order valence-corrected chi connectivity index (χ3v) is 0.436. The topological polar surface area (TPSA) is 38.3 Å². The van der Waals surface area contributed by atoms with Gasteiger partial charge in [0.2, 0.25) is 0 Å². The number of amides is 1. The van der Waals surface area contributed by atoms with Gasteiger partial charge in [0.05, 0.1) is 0 Å². The van der Waals surface area contributed by atoms with Gasteiger partial charge < -0.3 is 5.32 Å². The second kappa shape index (κ2) is 3.89. The van der Waals surface area contributed by atoms with E-state index in [0.29, 0.717) is 0 Å². The predicted octanol–water partition coefficient (Wildman–Crippen LogP) is 0.484. The number of nitrogens with one attached hydrogen (secondary N) is 1. The van der Waals surface area contributed by atoms with Crippen LogP contribution in [0.15, 0.2) is 0 Å². The Labute approximate surface area is 45.2 Å². The lowest BCUT2D eigenvalue weighted by molar-refractivity contribution is -0.135. The molecule has 0 aromatic carbocycles. The number of carbonyl (C=O) groups is 1. The van der Waals surface area contributed by atoms with Gasteiger partial charge in [0, 0.05) is 0 Å². The zero-order chi connectivity index (χ0) is 5.70. The Kier molecular flexibility index (Phi) is 3.72. The summed E-state index contributed by atoms with van der Waals surface area (Å²) in [6, 6.07) is 0. The van der Waals surface area contributed by atoms with Gasteiger partial charge in [0.15, 0.2) is 6.73 Å². The first-order chi connectivity index (χ1) is 3.27. The lowest BCUT2D eigenvalue weighted by atomic mass is 11.1. The highest BCUT2D eigenvalue weighted by atomic mass is 32.1. The van der Waals surface area contributed by atoms with Crippen LogP contribution in [-0.4, -0.2) is 12.0 Å². The number of hydrogen-bond acceptors (Lipinski definition) is 2. The van der Waals surface area contributed by atoms with Crippen LogP contribution >= 0.6 is 12.6 Å². The third kappa shape index (κ3) is 5.71. The molecule has 0 aliphatic carbocycles. The maximum atomic E-state index is 10.6. The Morgan fingerprint density at radius 1 is 2.00 bits per heavy atom. The molecule has 1 N–H and O–H groups in total. The van der Waals surface area contributed by atoms with Crippen LogP contribution in [0.2, 0.25) is 0 Å². The number of carbonyl (C=O) groups excluding carboxylic acids is 1. The van der Waals surface area contributed by atoms with Gasteiger partial charge in [-0.2, -0.15) is 4.94 Å². The molecule has 5 heteroatoms. The van der Waals surface area contributed by atoms with Crippen molar-refractivity contribution >= 4 is 17.9 Å². The summed E-state index contributed by atoms with van der Waals surface area (Å²) >= 11 is 3.24. The smallest absolute Gasteiger partial charge is 0.277 e. The summed E-state index contributed by atoms with van der Waals surface area (Å²) in [4.78, 5) is 12.7. The standard InChI is InChI=1S/C2H4FNO2S/c3-6-1-4-2(5)7/h1H2,(H2,4,5,7). The minimum absolute atomic E-state index is 0.442. The Morgan fingerprint density at radius 2 is 2.57 bits per heavy atom. The van der Waals surface area contributed by atoms with Crippen LogP contribution in [0.4, 0.5) is 9.32 Å². The second-order valence-corrected chi connectivity index (χ2v) is 1.14. The average Bonchev–Trinajstić information content (AvgIpc) is 1.61. The van der Waals surface area contributed by atoms with Gasteiger partial charge >= 0.3 is 0 Å². The van der Waals surface area contributed by atoms with E-state index in [-0.39, 0.29) is 0 Å². The zero-order valence-corrected chi connectivity index (χ0v) is 4.24. The van der Waals surface area contributed by atoms with Crippen molar-refractivity contribution < 1.29 is 14.3 Å². The number of rotatable bonds is 2. The SMILES string of the molecule is O=C(S)NCOF. The molecule has 0 radical (unpaired) electrons. The highest BCUT2D eigenvalue weighted by molar-refractivity contribution is 7.96. The molecule has 0 fully saturated rings. The Hall–Kier alpha value is -0.290. The van der Waals surface area contributed by atoms with Gasteiger partial charge in [-0.1, -0.05) is 12.6 Å². The second-order valence-electron chi connectivity index (χ2n) is 0.735. The van der Waals surface area contributed by atoms with Crippen molar-refractivity contribution in [2.75, 3.05) is 6.73 Å². The van der Waals surface area contributed by atoms with Crippen LogP contribution in [0.25, 0.3) is 0 Å². The summed E-state index contributed by atoms with van der Waals surface area (Å²) in [5.41, 5.74) is 0. The Bertz CT molecular complexity index is 68.7. The Balaban J connectivity index is 2.82. The molecule has 7 heavy (non-hydrogen) atoms. The molecule has 0 unspecified atom stereocenters. The van der Waals surface area contributed by atoms with Crippen LogP contribution in [-0.2, 0) is 4.94 Å². The van der Waals surface area contributed by atoms with Gasteiger partial charge in [0.1, 0.15) is 0 Å². The molecule has 0 aliphatic rings. The molecule has 0 aromatic rings. The van der Waals surface area contributed by atoms with E-state index in [1.165, 1.54) is 0 Å². The molecule has 0 bridgehead atoms. The van der Waals surface area contributed by atoms with E-state index in [1.807, 2.05) is 5.32 Å². The number of thiol groups is 1. The van der Waals surface area contributed by atoms with Gasteiger partial charge in [0.25, 0.3) is 5.24 Å². The molecule has 0 aliphatic heterocycles. The molecular formula is C2H4FNO2S. The molecular weight excluding hydrogens is 121 g/mol. The van der Waals surface area contributed by atoms with Gasteiger partial charge in [-0.05, 0) is 4.53 Å². The van der Waals surface area contributed by atoms with Crippen LogP contribution in [0.5, 0.6) is 0 Å². The molecule has 42 valence electrons. The minimum Gasteiger partial charge on any atom is -0.321 e. The average molecular weight is 125 g/mol. The van der Waals surface area contributed by atoms with E-state index in [2.05, 4.69) is 17.6 Å². The first-order valence-electron chi connectivity index (χ1n) is 1.47. The monoisotopic (exact) mass is 125 g/mol. The molecule has 0 heterocycles. The van der Waals surface area contributed by atoms with E-state index in [9.17, 15) is 9.32 Å². The van der Waals surface area contributed by atoms with Crippen molar-refractivity contribution in [2.24, 2.45) is 0 Å². The van der Waals surface area contributed by atoms with E-state index in [4.69, 9.17) is 0 Å². The van der Waals surface area contributed by atoms with E-state index in [1.54, 1.807) is 0 Å². The molecule has 0 rings (SSSR count). The molecule has 0 saturated carbocycles. The summed E-state index contributed by atoms with van der Waals surface area (Å²) in [7, 11) is 0. The predicted molar refractivity (Wildman–Crippen MR) is 24.6 cm³/mol. The van der Waals surface area contributed by atoms with E-state index < -0.39 is 12.0 Å². The molecule has 0 aromatic heterocycles. The number of hydrogen-bond donors (Lipinski definition) is 2. The van der Waals surface area contributed by atoms with Gasteiger partial charge in [-0.3, -0.25) is 4.79 Å². The van der Waals surface area contributed by atoms with E-state index >= 15 is 0 Å². The first-order valence-corrected chi connectivity index (χ1v) is 1.92. The minimum atomic E-state index is -0.613. The summed E-state index contributed by atoms with van der Waals surface area (Å²) in [6.45, 7) is -0.442. The van der Waals surface area contributed by atoms with Crippen molar-refractivity contribution in [3.8, 4) is 0 Å². The maximum Gasteiger partial charge on any atom is 0.277 e. The highest BCUT2D eigenvalue weighted by Gasteiger charge is 1.86. The molecule has 3 nitrogen and oxygen atoms in total. The largest absolute Gasteiger partial charge is 0.321 e. The summed E-state index contributed by atoms with van der Waals surface area (Å²) < 4.78 is 10.6. The zero-order valence-electron chi connectivity index (χ0n) is 3.35. The third-order valence-electron chi connectivity index (χ3n) is 0.278. The molecule has 0 atom stereocenters. The van der Waals surface area contributed by atoms with Crippen molar-refractivity contribution in [1.82, 2.24) is 5.32 Å². The van der Waals surface area contributed by atoms with Crippen LogP contribution in [0, 0.1) is 0 Å². The van der Waals surface area contributed by atoms with Crippen molar-refractivity contribution in [3.63, 3.8) is 0 Å². The summed E-state index contributed by atoms with van der Waals surface area (Å²) in [5, 5.41) is 1.31. The lowest BCUT2D eigenvalue weighted by Crippen LogP contribution is -2.17. The normalized spacial score (nSPS) is 8.29. The fourth-order valence-corrected chi connectivity index (χ4v) is 0.154. The highest BCUT2D eigenvalue weighted by Crippen LogP contribution is 1.74. The van der Waals surface area contributed by atoms with Crippen LogP contribution < -0.4 is 5.32 Å². The fraction of sp³-hybridized carbons (Fsp3) is 0.500. The van der Waals surface area contributed by atoms with Gasteiger partial charge in [-0.25, -0.2) is 0 Å². The van der Waals surface area contributed by atoms with Crippen molar-refractivity contribution in [2.45, 2.75) is 0 Å². The van der Waals surface area contributed by atoms with Crippen LogP contribution in [0.3, 0.4) is 0 Å². The molecule has 0 spiro atoms. The van der Waals surface area contributed by atoms with Crippen LogP contribution in [0.1, 0.15) is 0 Å². The first kappa shape index (κ1) is 6.71. The lowest BCUT2D eigenvalue weighted by Gasteiger charge is -1.90. The quantitative estimate of drug-likeness (QED) is 0.416. The molecule has 1 amide bonds. The summed E-state index contributed by atoms with van der Waals surface area (Å²) in [5.74, 6) is 0.